The molecule has 0 saturated heterocycles. The first kappa shape index (κ1) is 14.8. The standard InChI is InChI=1S/C14H20ClN5/c1-4-14(5-2,6-3)20-13(17-18-19-20)10-8-7-9-11(15)12(10)16/h7-9H,4-6,16H2,1-3H3. The van der Waals surface area contributed by atoms with E-state index in [0.717, 1.165) is 24.8 Å². The molecule has 2 rings (SSSR count). The van der Waals surface area contributed by atoms with Gasteiger partial charge in [0.1, 0.15) is 0 Å². The quantitative estimate of drug-likeness (QED) is 0.857. The molecule has 6 heteroatoms. The van der Waals surface area contributed by atoms with E-state index in [-0.39, 0.29) is 5.54 Å². The van der Waals surface area contributed by atoms with Gasteiger partial charge in [0.05, 0.1) is 16.2 Å². The van der Waals surface area contributed by atoms with E-state index in [1.54, 1.807) is 6.07 Å². The molecule has 0 fully saturated rings. The van der Waals surface area contributed by atoms with E-state index in [0.29, 0.717) is 16.5 Å². The van der Waals surface area contributed by atoms with Crippen molar-refractivity contribution in [2.24, 2.45) is 0 Å². The monoisotopic (exact) mass is 293 g/mol. The summed E-state index contributed by atoms with van der Waals surface area (Å²) < 4.78 is 1.90. The SMILES string of the molecule is CCC(CC)(CC)n1nnnc1-c1cccc(Cl)c1N. The fourth-order valence-electron chi connectivity index (χ4n) is 2.61. The van der Waals surface area contributed by atoms with Gasteiger partial charge in [-0.15, -0.1) is 5.10 Å². The molecule has 0 aliphatic carbocycles. The number of anilines is 1. The van der Waals surface area contributed by atoms with Crippen molar-refractivity contribution < 1.29 is 0 Å². The Morgan fingerprint density at radius 1 is 1.20 bits per heavy atom. The summed E-state index contributed by atoms with van der Waals surface area (Å²) in [6.45, 7) is 6.46. The molecular weight excluding hydrogens is 274 g/mol. The minimum atomic E-state index is -0.0897. The Kier molecular flexibility index (Phi) is 4.28. The number of nitrogen functional groups attached to an aromatic ring is 1. The lowest BCUT2D eigenvalue weighted by atomic mass is 9.89. The number of nitrogens with zero attached hydrogens (tertiary/aromatic N) is 4. The summed E-state index contributed by atoms with van der Waals surface area (Å²) in [6.07, 6.45) is 2.87. The highest BCUT2D eigenvalue weighted by atomic mass is 35.5. The maximum absolute atomic E-state index is 6.10. The second kappa shape index (κ2) is 5.79. The van der Waals surface area contributed by atoms with Crippen molar-refractivity contribution in [2.75, 3.05) is 5.73 Å². The highest BCUT2D eigenvalue weighted by molar-refractivity contribution is 6.33. The molecule has 0 bridgehead atoms. The molecule has 5 nitrogen and oxygen atoms in total. The lowest BCUT2D eigenvalue weighted by Crippen LogP contribution is -2.33. The Morgan fingerprint density at radius 2 is 1.85 bits per heavy atom. The summed E-state index contributed by atoms with van der Waals surface area (Å²) in [5.74, 6) is 0.676. The summed E-state index contributed by atoms with van der Waals surface area (Å²) in [6, 6.07) is 5.52. The molecule has 0 atom stereocenters. The van der Waals surface area contributed by atoms with Gasteiger partial charge in [-0.25, -0.2) is 4.68 Å². The first-order valence-corrected chi connectivity index (χ1v) is 7.30. The summed E-state index contributed by atoms with van der Waals surface area (Å²) in [5, 5.41) is 12.7. The number of aromatic nitrogens is 4. The van der Waals surface area contributed by atoms with Crippen molar-refractivity contribution in [3.63, 3.8) is 0 Å². The van der Waals surface area contributed by atoms with Crippen LogP contribution in [0, 0.1) is 0 Å². The molecule has 0 radical (unpaired) electrons. The molecule has 20 heavy (non-hydrogen) atoms. The average molecular weight is 294 g/mol. The minimum Gasteiger partial charge on any atom is -0.397 e. The number of hydrogen-bond donors (Lipinski definition) is 1. The van der Waals surface area contributed by atoms with Gasteiger partial charge in [-0.1, -0.05) is 38.4 Å². The van der Waals surface area contributed by atoms with Crippen LogP contribution in [0.5, 0.6) is 0 Å². The van der Waals surface area contributed by atoms with Gasteiger partial charge in [-0.05, 0) is 41.8 Å². The van der Waals surface area contributed by atoms with Crippen LogP contribution in [0.15, 0.2) is 18.2 Å². The summed E-state index contributed by atoms with van der Waals surface area (Å²) in [7, 11) is 0. The van der Waals surface area contributed by atoms with E-state index in [1.807, 2.05) is 16.8 Å². The third-order valence-electron chi connectivity index (χ3n) is 4.19. The zero-order valence-electron chi connectivity index (χ0n) is 12.1. The van der Waals surface area contributed by atoms with Crippen LogP contribution in [0.4, 0.5) is 5.69 Å². The van der Waals surface area contributed by atoms with E-state index in [4.69, 9.17) is 17.3 Å². The van der Waals surface area contributed by atoms with Crippen molar-refractivity contribution in [2.45, 2.75) is 45.6 Å². The third-order valence-corrected chi connectivity index (χ3v) is 4.52. The van der Waals surface area contributed by atoms with Gasteiger partial charge in [0, 0.05) is 5.56 Å². The largest absolute Gasteiger partial charge is 0.397 e. The fraction of sp³-hybridized carbons (Fsp3) is 0.500. The van der Waals surface area contributed by atoms with E-state index in [9.17, 15) is 0 Å². The summed E-state index contributed by atoms with van der Waals surface area (Å²) >= 11 is 6.10. The van der Waals surface area contributed by atoms with Crippen LogP contribution in [0.25, 0.3) is 11.4 Å². The van der Waals surface area contributed by atoms with Crippen molar-refractivity contribution in [1.29, 1.82) is 0 Å². The highest BCUT2D eigenvalue weighted by Crippen LogP contribution is 2.35. The molecule has 2 N–H and O–H groups in total. The van der Waals surface area contributed by atoms with Crippen LogP contribution in [-0.2, 0) is 5.54 Å². The third kappa shape index (κ3) is 2.26. The lowest BCUT2D eigenvalue weighted by Gasteiger charge is -2.31. The molecular formula is C14H20ClN5. The van der Waals surface area contributed by atoms with Crippen molar-refractivity contribution in [3.05, 3.63) is 23.2 Å². The number of nitrogens with two attached hydrogens (primary N) is 1. The average Bonchev–Trinajstić information content (AvgIpc) is 2.94. The summed E-state index contributed by atoms with van der Waals surface area (Å²) in [4.78, 5) is 0. The van der Waals surface area contributed by atoms with Gasteiger partial charge in [0.25, 0.3) is 0 Å². The van der Waals surface area contributed by atoms with Crippen molar-refractivity contribution in [3.8, 4) is 11.4 Å². The van der Waals surface area contributed by atoms with Gasteiger partial charge in [0.2, 0.25) is 0 Å². The molecule has 1 aromatic carbocycles. The van der Waals surface area contributed by atoms with Crippen LogP contribution in [-0.4, -0.2) is 20.2 Å². The molecule has 2 aromatic rings. The zero-order valence-corrected chi connectivity index (χ0v) is 12.9. The van der Waals surface area contributed by atoms with Crippen LogP contribution >= 0.6 is 11.6 Å². The maximum Gasteiger partial charge on any atom is 0.184 e. The Balaban J connectivity index is 2.61. The number of hydrogen-bond acceptors (Lipinski definition) is 4. The highest BCUT2D eigenvalue weighted by Gasteiger charge is 2.31. The molecule has 0 amide bonds. The first-order chi connectivity index (χ1) is 9.59. The first-order valence-electron chi connectivity index (χ1n) is 6.92. The molecule has 0 spiro atoms. The normalized spacial score (nSPS) is 11.8. The predicted molar refractivity (Wildman–Crippen MR) is 81.5 cm³/mol. The topological polar surface area (TPSA) is 69.6 Å². The second-order valence-electron chi connectivity index (χ2n) is 4.90. The number of tetrazole rings is 1. The van der Waals surface area contributed by atoms with Crippen LogP contribution in [0.1, 0.15) is 40.0 Å². The number of benzene rings is 1. The van der Waals surface area contributed by atoms with Gasteiger partial charge in [-0.2, -0.15) is 0 Å². The van der Waals surface area contributed by atoms with Crippen molar-refractivity contribution >= 4 is 17.3 Å². The molecule has 0 saturated carbocycles. The van der Waals surface area contributed by atoms with Crippen LogP contribution in [0.2, 0.25) is 5.02 Å². The number of rotatable bonds is 5. The van der Waals surface area contributed by atoms with Crippen LogP contribution in [0.3, 0.4) is 0 Å². The Hall–Kier alpha value is -1.62. The van der Waals surface area contributed by atoms with Gasteiger partial charge < -0.3 is 5.73 Å². The van der Waals surface area contributed by atoms with E-state index < -0.39 is 0 Å². The molecule has 1 heterocycles. The van der Waals surface area contributed by atoms with E-state index in [2.05, 4.69) is 36.3 Å². The van der Waals surface area contributed by atoms with Crippen molar-refractivity contribution in [1.82, 2.24) is 20.2 Å². The maximum atomic E-state index is 6.10. The van der Waals surface area contributed by atoms with Gasteiger partial charge in [0.15, 0.2) is 5.82 Å². The van der Waals surface area contributed by atoms with E-state index >= 15 is 0 Å². The second-order valence-corrected chi connectivity index (χ2v) is 5.31. The predicted octanol–water partition coefficient (Wildman–Crippen LogP) is 3.50. The van der Waals surface area contributed by atoms with Crippen LogP contribution < -0.4 is 5.73 Å². The summed E-state index contributed by atoms with van der Waals surface area (Å²) in [5.41, 5.74) is 7.28. The Labute approximate surface area is 124 Å². The molecule has 0 unspecified atom stereocenters. The zero-order chi connectivity index (χ0) is 14.8. The Morgan fingerprint density at radius 3 is 2.45 bits per heavy atom. The smallest absolute Gasteiger partial charge is 0.184 e. The van der Waals surface area contributed by atoms with E-state index in [1.165, 1.54) is 0 Å². The number of halogens is 1. The lowest BCUT2D eigenvalue weighted by molar-refractivity contribution is 0.223. The Bertz CT molecular complexity index is 581. The minimum absolute atomic E-state index is 0.0897. The molecule has 1 aromatic heterocycles. The number of para-hydroxylation sites is 1. The van der Waals surface area contributed by atoms with Gasteiger partial charge in [-0.3, -0.25) is 0 Å². The van der Waals surface area contributed by atoms with Gasteiger partial charge >= 0.3 is 0 Å². The molecule has 0 aliphatic rings. The molecule has 0 aliphatic heterocycles. The molecule has 108 valence electrons. The fourth-order valence-corrected chi connectivity index (χ4v) is 2.78.